The van der Waals surface area contributed by atoms with Crippen molar-refractivity contribution < 1.29 is 19.2 Å². The summed E-state index contributed by atoms with van der Waals surface area (Å²) in [6, 6.07) is 0. The molecule has 1 N–H and O–H groups in total. The molecule has 0 unspecified atom stereocenters. The number of aryl methyl sites for hydroxylation is 1. The Morgan fingerprint density at radius 3 is 1.19 bits per heavy atom. The number of aldehydes is 3. The summed E-state index contributed by atoms with van der Waals surface area (Å²) in [5.41, 5.74) is 0. The van der Waals surface area contributed by atoms with E-state index in [2.05, 4.69) is 34.3 Å². The topological polar surface area (TPSA) is 110 Å². The Morgan fingerprint density at radius 1 is 0.839 bits per heavy atom. The van der Waals surface area contributed by atoms with Crippen molar-refractivity contribution >= 4 is 24.6 Å². The molecule has 7 nitrogen and oxygen atoms in total. The number of aromatic amines is 1. The molecule has 0 bridgehead atoms. The number of nitrogens with one attached hydrogen (secondary N) is 1. The molecule has 0 aliphatic rings. The molecule has 0 atom stereocenters. The maximum Gasteiger partial charge on any atom is 0.137 e. The smallest absolute Gasteiger partial charge is 0.137 e. The number of Topliss-reactive ketones (excluding diaryl/α,β-unsaturated/α-hetero) is 1. The lowest BCUT2D eigenvalue weighted by atomic mass is 10.4. The van der Waals surface area contributed by atoms with Crippen molar-refractivity contribution in [3.05, 3.63) is 24.3 Å². The average Bonchev–Trinajstić information content (AvgIpc) is 3.29. The highest BCUT2D eigenvalue weighted by Crippen LogP contribution is 1.82. The third-order valence-corrected chi connectivity index (χ3v) is 1.27. The van der Waals surface area contributed by atoms with E-state index in [1.54, 1.807) is 0 Å². The van der Waals surface area contributed by atoms with E-state index in [1.165, 1.54) is 40.9 Å². The van der Waals surface area contributed by atoms with E-state index < -0.39 is 0 Å². The van der Waals surface area contributed by atoms with Gasteiger partial charge in [0, 0.05) is 6.42 Å². The van der Waals surface area contributed by atoms with Crippen LogP contribution in [0.15, 0.2) is 18.5 Å². The third kappa shape index (κ3) is 246. The van der Waals surface area contributed by atoms with Crippen LogP contribution in [0.2, 0.25) is 0 Å². The van der Waals surface area contributed by atoms with Crippen molar-refractivity contribution in [3.8, 4) is 0 Å². The molecule has 31 heavy (non-hydrogen) atoms. The van der Waals surface area contributed by atoms with Crippen molar-refractivity contribution in [2.24, 2.45) is 0 Å². The summed E-state index contributed by atoms with van der Waals surface area (Å²) in [5, 5.41) is 6.38. The fraction of sp³-hybridized carbons (Fsp3) is 0.667. The zero-order valence-corrected chi connectivity index (χ0v) is 22.9. The monoisotopic (exact) mass is 447 g/mol. The number of ketones is 1. The summed E-state index contributed by atoms with van der Waals surface area (Å²) in [5.74, 6) is 1.11. The molecule has 1 aromatic heterocycles. The quantitative estimate of drug-likeness (QED) is 0.402. The van der Waals surface area contributed by atoms with Crippen LogP contribution >= 0.6 is 0 Å². The van der Waals surface area contributed by atoms with Crippen molar-refractivity contribution in [1.82, 2.24) is 15.2 Å². The van der Waals surface area contributed by atoms with Gasteiger partial charge in [0.25, 0.3) is 0 Å². The first-order valence-electron chi connectivity index (χ1n) is 10.9. The van der Waals surface area contributed by atoms with E-state index in [0.29, 0.717) is 0 Å². The van der Waals surface area contributed by atoms with E-state index >= 15 is 0 Å². The van der Waals surface area contributed by atoms with E-state index in [0.717, 1.165) is 37.5 Å². The van der Waals surface area contributed by atoms with Gasteiger partial charge >= 0.3 is 0 Å². The first-order chi connectivity index (χ1) is 14.8. The Labute approximate surface area is 193 Å². The van der Waals surface area contributed by atoms with Gasteiger partial charge in [-0.25, -0.2) is 4.98 Å². The third-order valence-electron chi connectivity index (χ3n) is 1.27. The molecule has 0 spiro atoms. The predicted octanol–water partition coefficient (Wildman–Crippen LogP) is 6.63. The van der Waals surface area contributed by atoms with Gasteiger partial charge in [-0.15, -0.1) is 0 Å². The first-order valence-corrected chi connectivity index (χ1v) is 10.9. The van der Waals surface area contributed by atoms with Gasteiger partial charge in [0.2, 0.25) is 0 Å². The number of carbonyl (C=O) groups is 4. The summed E-state index contributed by atoms with van der Waals surface area (Å²) in [7, 11) is 0. The fourth-order valence-electron chi connectivity index (χ4n) is 0.637. The highest BCUT2D eigenvalue weighted by molar-refractivity contribution is 5.72. The highest BCUT2D eigenvalue weighted by Gasteiger charge is 1.84. The Morgan fingerprint density at radius 2 is 1.13 bits per heavy atom. The standard InChI is InChI=1S/C5H10.C4H7N3.C3H6O.3C2H4O.3C2H6/c1-3-5-4-2;1-2-4-5-3-6-7-4;1-3(2)4;3*1-2-3;3*1-2/h3,5H,4H2,1-2H3;3H,2H2,1H3,(H,5,6,7);1-2H3;3*2H,1H3;3*1-2H3. The lowest BCUT2D eigenvalue weighted by molar-refractivity contribution is -0.115. The van der Waals surface area contributed by atoms with Gasteiger partial charge in [0.1, 0.15) is 36.8 Å². The molecule has 0 saturated heterocycles. The minimum absolute atomic E-state index is 0.167. The summed E-state index contributed by atoms with van der Waals surface area (Å²) in [6.07, 6.45) is 10.0. The minimum Gasteiger partial charge on any atom is -0.304 e. The van der Waals surface area contributed by atoms with Gasteiger partial charge in [-0.2, -0.15) is 5.10 Å². The number of nitrogens with zero attached hydrogens (tertiary/aromatic N) is 2. The summed E-state index contributed by atoms with van der Waals surface area (Å²) in [6.45, 7) is 25.6. The van der Waals surface area contributed by atoms with Crippen LogP contribution in [0.5, 0.6) is 0 Å². The zero-order valence-electron chi connectivity index (χ0n) is 22.9. The van der Waals surface area contributed by atoms with Crippen LogP contribution in [0.4, 0.5) is 0 Å². The fourth-order valence-corrected chi connectivity index (χ4v) is 0.637. The molecule has 0 saturated carbocycles. The number of H-pyrrole nitrogens is 1. The molecule has 188 valence electrons. The second kappa shape index (κ2) is 91.7. The molecule has 0 aliphatic heterocycles. The first kappa shape index (κ1) is 51.3. The highest BCUT2D eigenvalue weighted by atomic mass is 16.1. The van der Waals surface area contributed by atoms with Gasteiger partial charge in [-0.3, -0.25) is 5.10 Å². The van der Waals surface area contributed by atoms with Gasteiger partial charge in [0.15, 0.2) is 0 Å². The number of allylic oxidation sites excluding steroid dienone is 2. The number of aromatic nitrogens is 3. The average molecular weight is 448 g/mol. The number of hydrogen-bond donors (Lipinski definition) is 1. The maximum absolute atomic E-state index is 9.44. The van der Waals surface area contributed by atoms with Crippen LogP contribution in [0, 0.1) is 0 Å². The molecule has 1 rings (SSSR count). The Hall–Kier alpha value is -2.44. The van der Waals surface area contributed by atoms with E-state index in [-0.39, 0.29) is 5.78 Å². The Bertz CT molecular complexity index is 373. The SMILES string of the molecule is CC.CC.CC.CC(C)=O.CC=CCC.CC=O.CC=O.CC=O.CCc1ncn[nH]1. The molecule has 0 aromatic carbocycles. The number of rotatable bonds is 2. The van der Waals surface area contributed by atoms with E-state index in [4.69, 9.17) is 14.4 Å². The largest absolute Gasteiger partial charge is 0.304 e. The number of carbonyl (C=O) groups excluding carboxylic acids is 4. The summed E-state index contributed by atoms with van der Waals surface area (Å²) in [4.78, 5) is 39.7. The summed E-state index contributed by atoms with van der Waals surface area (Å²) >= 11 is 0. The number of hydrogen-bond acceptors (Lipinski definition) is 6. The molecule has 0 radical (unpaired) electrons. The molecule has 1 heterocycles. The van der Waals surface area contributed by atoms with E-state index in [9.17, 15) is 4.79 Å². The van der Waals surface area contributed by atoms with Crippen molar-refractivity contribution in [2.45, 2.75) is 110 Å². The Kier molecular flexibility index (Phi) is 152. The Balaban J connectivity index is -0.0000000335. The molecule has 0 fully saturated rings. The second-order valence-electron chi connectivity index (χ2n) is 3.88. The van der Waals surface area contributed by atoms with Gasteiger partial charge in [0.05, 0.1) is 0 Å². The molecular formula is C24H53N3O4. The lowest BCUT2D eigenvalue weighted by Crippen LogP contribution is -1.79. The predicted molar refractivity (Wildman–Crippen MR) is 136 cm³/mol. The van der Waals surface area contributed by atoms with E-state index in [1.807, 2.05) is 55.4 Å². The zero-order chi connectivity index (χ0) is 26.9. The van der Waals surface area contributed by atoms with Crippen LogP contribution in [-0.4, -0.2) is 39.8 Å². The van der Waals surface area contributed by atoms with Crippen LogP contribution < -0.4 is 0 Å². The molecular weight excluding hydrogens is 394 g/mol. The molecule has 1 aromatic rings. The van der Waals surface area contributed by atoms with Crippen molar-refractivity contribution in [2.75, 3.05) is 0 Å². The second-order valence-corrected chi connectivity index (χ2v) is 3.88. The molecule has 0 aliphatic carbocycles. The molecule has 0 amide bonds. The van der Waals surface area contributed by atoms with Crippen LogP contribution in [-0.2, 0) is 25.6 Å². The van der Waals surface area contributed by atoms with Gasteiger partial charge in [-0.05, 0) is 48.0 Å². The van der Waals surface area contributed by atoms with Gasteiger partial charge in [-0.1, -0.05) is 67.5 Å². The van der Waals surface area contributed by atoms with Crippen molar-refractivity contribution in [1.29, 1.82) is 0 Å². The van der Waals surface area contributed by atoms with Crippen molar-refractivity contribution in [3.63, 3.8) is 0 Å². The lowest BCUT2D eigenvalue weighted by Gasteiger charge is -1.77. The van der Waals surface area contributed by atoms with Crippen LogP contribution in [0.1, 0.15) is 109 Å². The minimum atomic E-state index is 0.167. The normalized spacial score (nSPS) is 6.39. The van der Waals surface area contributed by atoms with Gasteiger partial charge < -0.3 is 19.2 Å². The van der Waals surface area contributed by atoms with Crippen LogP contribution in [0.25, 0.3) is 0 Å². The maximum atomic E-state index is 9.44. The van der Waals surface area contributed by atoms with Crippen LogP contribution in [0.3, 0.4) is 0 Å². The molecule has 7 heteroatoms. The summed E-state index contributed by atoms with van der Waals surface area (Å²) < 4.78 is 0.